The number of hydrogen-bond acceptors (Lipinski definition) is 3. The first-order valence-corrected chi connectivity index (χ1v) is 10.3. The molecule has 1 rings (SSSR count). The molecule has 1 heterocycles. The van der Waals surface area contributed by atoms with Crippen LogP contribution in [0.5, 0.6) is 0 Å². The van der Waals surface area contributed by atoms with Gasteiger partial charge in [-0.1, -0.05) is 60.3 Å². The van der Waals surface area contributed by atoms with E-state index >= 15 is 0 Å². The van der Waals surface area contributed by atoms with Gasteiger partial charge in [-0.15, -0.1) is 0 Å². The standard InChI is InChI=1S/C16H32N2O2.2C2H6/c1-3-11-18-13-15(14-18)16(19)17-10-8-6-4-5-7-9-12-20-2;2*1-2/h15H,3-14H2,1-2H3,(H,17,19);2*1-2H3. The van der Waals surface area contributed by atoms with Gasteiger partial charge in [0.05, 0.1) is 5.92 Å². The Morgan fingerprint density at radius 1 is 1.00 bits per heavy atom. The Morgan fingerprint density at radius 2 is 1.54 bits per heavy atom. The van der Waals surface area contributed by atoms with Crippen molar-refractivity contribution in [3.05, 3.63) is 0 Å². The molecule has 0 aromatic heterocycles. The monoisotopic (exact) mass is 344 g/mol. The van der Waals surface area contributed by atoms with Crippen molar-refractivity contribution in [1.29, 1.82) is 0 Å². The minimum absolute atomic E-state index is 0.246. The van der Waals surface area contributed by atoms with Crippen LogP contribution >= 0.6 is 0 Å². The van der Waals surface area contributed by atoms with Gasteiger partial charge in [0.15, 0.2) is 0 Å². The first-order chi connectivity index (χ1) is 11.8. The third kappa shape index (κ3) is 13.8. The summed E-state index contributed by atoms with van der Waals surface area (Å²) in [6.45, 7) is 15.0. The van der Waals surface area contributed by atoms with Gasteiger partial charge in [-0.25, -0.2) is 0 Å². The molecule has 1 amide bonds. The third-order valence-electron chi connectivity index (χ3n) is 3.94. The van der Waals surface area contributed by atoms with E-state index in [0.717, 1.165) is 39.2 Å². The largest absolute Gasteiger partial charge is 0.385 e. The van der Waals surface area contributed by atoms with Crippen molar-refractivity contribution >= 4 is 5.91 Å². The van der Waals surface area contributed by atoms with Crippen LogP contribution in [0.4, 0.5) is 0 Å². The van der Waals surface area contributed by atoms with Gasteiger partial charge in [0.1, 0.15) is 0 Å². The van der Waals surface area contributed by atoms with Gasteiger partial charge < -0.3 is 15.0 Å². The molecule has 24 heavy (non-hydrogen) atoms. The molecule has 1 saturated heterocycles. The summed E-state index contributed by atoms with van der Waals surface area (Å²) in [6, 6.07) is 0. The Bertz CT molecular complexity index is 254. The van der Waals surface area contributed by atoms with Crippen LogP contribution in [-0.2, 0) is 9.53 Å². The summed E-state index contributed by atoms with van der Waals surface area (Å²) >= 11 is 0. The minimum Gasteiger partial charge on any atom is -0.385 e. The van der Waals surface area contributed by atoms with Crippen LogP contribution in [0.2, 0.25) is 0 Å². The lowest BCUT2D eigenvalue weighted by molar-refractivity contribution is -0.130. The summed E-state index contributed by atoms with van der Waals surface area (Å²) in [5.41, 5.74) is 0. The maximum Gasteiger partial charge on any atom is 0.225 e. The van der Waals surface area contributed by atoms with Gasteiger partial charge >= 0.3 is 0 Å². The molecule has 0 unspecified atom stereocenters. The zero-order valence-electron chi connectivity index (χ0n) is 17.3. The van der Waals surface area contributed by atoms with Crippen LogP contribution in [0.15, 0.2) is 0 Å². The Hall–Kier alpha value is -0.610. The second-order valence-corrected chi connectivity index (χ2v) is 5.86. The molecular formula is C20H44N2O2. The fourth-order valence-electron chi connectivity index (χ4n) is 2.67. The average Bonchev–Trinajstić information content (AvgIpc) is 2.59. The molecule has 4 heteroatoms. The summed E-state index contributed by atoms with van der Waals surface area (Å²) in [5.74, 6) is 0.507. The van der Waals surface area contributed by atoms with Crippen molar-refractivity contribution in [2.75, 3.05) is 39.9 Å². The van der Waals surface area contributed by atoms with Crippen molar-refractivity contribution in [2.24, 2.45) is 5.92 Å². The molecule has 1 fully saturated rings. The highest BCUT2D eigenvalue weighted by atomic mass is 16.5. The van der Waals surface area contributed by atoms with E-state index in [2.05, 4.69) is 17.1 Å². The van der Waals surface area contributed by atoms with E-state index in [0.29, 0.717) is 0 Å². The highest BCUT2D eigenvalue weighted by molar-refractivity contribution is 5.79. The molecule has 1 aliphatic heterocycles. The number of nitrogens with zero attached hydrogens (tertiary/aromatic N) is 1. The maximum absolute atomic E-state index is 11.8. The minimum atomic E-state index is 0.246. The van der Waals surface area contributed by atoms with Gasteiger partial charge in [0.25, 0.3) is 0 Å². The summed E-state index contributed by atoms with van der Waals surface area (Å²) < 4.78 is 5.02. The predicted octanol–water partition coefficient (Wildman–Crippen LogP) is 4.48. The molecule has 0 bridgehead atoms. The van der Waals surface area contributed by atoms with Gasteiger partial charge in [-0.2, -0.15) is 0 Å². The molecule has 0 aromatic rings. The molecule has 146 valence electrons. The zero-order chi connectivity index (χ0) is 18.6. The van der Waals surface area contributed by atoms with Crippen LogP contribution in [0.3, 0.4) is 0 Å². The van der Waals surface area contributed by atoms with E-state index in [1.54, 1.807) is 7.11 Å². The summed E-state index contributed by atoms with van der Waals surface area (Å²) in [5, 5.41) is 3.07. The van der Waals surface area contributed by atoms with Crippen LogP contribution in [0.25, 0.3) is 0 Å². The van der Waals surface area contributed by atoms with E-state index in [9.17, 15) is 4.79 Å². The molecule has 0 saturated carbocycles. The molecule has 1 aliphatic rings. The van der Waals surface area contributed by atoms with E-state index in [1.807, 2.05) is 27.7 Å². The number of unbranched alkanes of at least 4 members (excludes halogenated alkanes) is 5. The summed E-state index contributed by atoms with van der Waals surface area (Å²) in [4.78, 5) is 14.2. The quantitative estimate of drug-likeness (QED) is 0.531. The van der Waals surface area contributed by atoms with Crippen LogP contribution in [0.1, 0.15) is 79.6 Å². The molecular weight excluding hydrogens is 300 g/mol. The highest BCUT2D eigenvalue weighted by Gasteiger charge is 2.31. The predicted molar refractivity (Wildman–Crippen MR) is 106 cm³/mol. The molecule has 0 aromatic carbocycles. The number of carbonyl (C=O) groups is 1. The Balaban J connectivity index is 0. The van der Waals surface area contributed by atoms with Gasteiger partial charge in [-0.05, 0) is 25.8 Å². The topological polar surface area (TPSA) is 41.6 Å². The Kier molecular flexibility index (Phi) is 21.8. The lowest BCUT2D eigenvalue weighted by Crippen LogP contribution is -2.53. The number of rotatable bonds is 12. The normalized spacial score (nSPS) is 13.9. The van der Waals surface area contributed by atoms with Crippen molar-refractivity contribution in [1.82, 2.24) is 10.2 Å². The summed E-state index contributed by atoms with van der Waals surface area (Å²) in [6.07, 6.45) is 8.50. The number of carbonyl (C=O) groups excluding carboxylic acids is 1. The molecule has 0 spiro atoms. The number of hydrogen-bond donors (Lipinski definition) is 1. The molecule has 4 nitrogen and oxygen atoms in total. The maximum atomic E-state index is 11.8. The number of ether oxygens (including phenoxy) is 1. The fraction of sp³-hybridized carbons (Fsp3) is 0.950. The number of methoxy groups -OCH3 is 1. The van der Waals surface area contributed by atoms with Crippen molar-refractivity contribution < 1.29 is 9.53 Å². The van der Waals surface area contributed by atoms with E-state index in [1.165, 1.54) is 38.5 Å². The average molecular weight is 345 g/mol. The highest BCUT2D eigenvalue weighted by Crippen LogP contribution is 2.15. The number of amides is 1. The lowest BCUT2D eigenvalue weighted by atomic mass is 9.99. The molecule has 0 aliphatic carbocycles. The van der Waals surface area contributed by atoms with Gasteiger partial charge in [0, 0.05) is 33.4 Å². The second-order valence-electron chi connectivity index (χ2n) is 5.86. The van der Waals surface area contributed by atoms with Crippen LogP contribution in [0, 0.1) is 5.92 Å². The van der Waals surface area contributed by atoms with Crippen molar-refractivity contribution in [3.63, 3.8) is 0 Å². The number of nitrogens with one attached hydrogen (secondary N) is 1. The lowest BCUT2D eigenvalue weighted by Gasteiger charge is -2.38. The van der Waals surface area contributed by atoms with E-state index in [-0.39, 0.29) is 11.8 Å². The molecule has 0 radical (unpaired) electrons. The first kappa shape index (κ1) is 25.6. The zero-order valence-corrected chi connectivity index (χ0v) is 17.3. The fourth-order valence-corrected chi connectivity index (χ4v) is 2.67. The van der Waals surface area contributed by atoms with Crippen molar-refractivity contribution in [3.8, 4) is 0 Å². The Morgan fingerprint density at radius 3 is 2.08 bits per heavy atom. The van der Waals surface area contributed by atoms with Crippen LogP contribution in [-0.4, -0.2) is 50.7 Å². The molecule has 1 N–H and O–H groups in total. The van der Waals surface area contributed by atoms with Crippen molar-refractivity contribution in [2.45, 2.75) is 79.6 Å². The van der Waals surface area contributed by atoms with E-state index in [4.69, 9.17) is 4.74 Å². The Labute approximate surface area is 151 Å². The third-order valence-corrected chi connectivity index (χ3v) is 3.94. The molecule has 0 atom stereocenters. The first-order valence-electron chi connectivity index (χ1n) is 10.3. The SMILES string of the molecule is CC.CC.CCCN1CC(C(=O)NCCCCCCCCOC)C1. The van der Waals surface area contributed by atoms with E-state index < -0.39 is 0 Å². The summed E-state index contributed by atoms with van der Waals surface area (Å²) in [7, 11) is 1.76. The van der Waals surface area contributed by atoms with Gasteiger partial charge in [-0.3, -0.25) is 4.79 Å². The second kappa shape index (κ2) is 20.4. The van der Waals surface area contributed by atoms with Crippen LogP contribution < -0.4 is 5.32 Å². The smallest absolute Gasteiger partial charge is 0.225 e. The number of likely N-dealkylation sites (tertiary alicyclic amines) is 1. The van der Waals surface area contributed by atoms with Gasteiger partial charge in [0.2, 0.25) is 5.91 Å².